The van der Waals surface area contributed by atoms with Crippen molar-refractivity contribution in [3.8, 4) is 0 Å². The molecule has 9 nitrogen and oxygen atoms in total. The van der Waals surface area contributed by atoms with Crippen LogP contribution < -0.4 is 22.7 Å². The molecule has 1 amide bonds. The Morgan fingerprint density at radius 3 is 2.45 bits per heavy atom. The van der Waals surface area contributed by atoms with Crippen LogP contribution in [0.15, 0.2) is 39.9 Å². The molecule has 9 heteroatoms. The quantitative estimate of drug-likeness (QED) is 0.619. The number of primary amides is 1. The molecule has 2 heterocycles. The van der Waals surface area contributed by atoms with Crippen molar-refractivity contribution in [2.75, 3.05) is 18.8 Å². The predicted molar refractivity (Wildman–Crippen MR) is 109 cm³/mol. The Balaban J connectivity index is 2.03. The van der Waals surface area contributed by atoms with E-state index in [4.69, 9.17) is 11.5 Å². The van der Waals surface area contributed by atoms with Gasteiger partial charge in [0.2, 0.25) is 5.91 Å². The number of likely N-dealkylation sites (tertiary alicyclic amines) is 1. The van der Waals surface area contributed by atoms with Crippen LogP contribution in [-0.2, 0) is 17.9 Å². The second-order valence-electron chi connectivity index (χ2n) is 7.12. The van der Waals surface area contributed by atoms with Gasteiger partial charge in [0.1, 0.15) is 11.4 Å². The maximum atomic E-state index is 13.0. The largest absolute Gasteiger partial charge is 0.384 e. The number of carbonyl (C=O) groups excluding carboxylic acids is 2. The van der Waals surface area contributed by atoms with Gasteiger partial charge < -0.3 is 11.5 Å². The fraction of sp³-hybridized carbons (Fsp3) is 0.400. The van der Waals surface area contributed by atoms with E-state index in [1.165, 1.54) is 4.57 Å². The van der Waals surface area contributed by atoms with Gasteiger partial charge in [-0.3, -0.25) is 28.4 Å². The molecule has 1 aliphatic heterocycles. The van der Waals surface area contributed by atoms with Gasteiger partial charge in [0.25, 0.3) is 5.56 Å². The smallest absolute Gasteiger partial charge is 0.332 e. The molecule has 1 fully saturated rings. The lowest BCUT2D eigenvalue weighted by molar-refractivity contribution is -0.122. The Kier molecular flexibility index (Phi) is 5.97. The molecule has 4 N–H and O–H groups in total. The van der Waals surface area contributed by atoms with Gasteiger partial charge in [0.15, 0.2) is 5.78 Å². The third kappa shape index (κ3) is 4.00. The topological polar surface area (TPSA) is 133 Å². The first-order valence-corrected chi connectivity index (χ1v) is 9.58. The van der Waals surface area contributed by atoms with Crippen LogP contribution in [0.2, 0.25) is 0 Å². The second-order valence-corrected chi connectivity index (χ2v) is 7.12. The number of Topliss-reactive ketones (excluding diaryl/α,β-unsaturated/α-hetero) is 1. The predicted octanol–water partition coefficient (Wildman–Crippen LogP) is -0.207. The van der Waals surface area contributed by atoms with Crippen molar-refractivity contribution in [1.82, 2.24) is 14.0 Å². The average molecular weight is 399 g/mol. The average Bonchev–Trinajstić information content (AvgIpc) is 3.15. The van der Waals surface area contributed by atoms with E-state index in [9.17, 15) is 19.2 Å². The Hall–Kier alpha value is -3.20. The summed E-state index contributed by atoms with van der Waals surface area (Å²) in [6, 6.07) is 8.63. The highest BCUT2D eigenvalue weighted by Crippen LogP contribution is 2.18. The number of carbonyl (C=O) groups is 2. The highest BCUT2D eigenvalue weighted by Gasteiger charge is 2.32. The molecule has 1 atom stereocenters. The van der Waals surface area contributed by atoms with Gasteiger partial charge in [-0.25, -0.2) is 4.79 Å². The van der Waals surface area contributed by atoms with E-state index in [1.54, 1.807) is 11.8 Å². The number of hydrogen-bond acceptors (Lipinski definition) is 6. The van der Waals surface area contributed by atoms with Gasteiger partial charge in [-0.1, -0.05) is 30.3 Å². The Morgan fingerprint density at radius 1 is 1.14 bits per heavy atom. The van der Waals surface area contributed by atoms with Crippen LogP contribution in [-0.4, -0.2) is 44.9 Å². The van der Waals surface area contributed by atoms with E-state index >= 15 is 0 Å². The number of nitrogens with zero attached hydrogens (tertiary/aromatic N) is 3. The summed E-state index contributed by atoms with van der Waals surface area (Å²) in [6.45, 7) is 2.29. The monoisotopic (exact) mass is 399 g/mol. The first-order chi connectivity index (χ1) is 13.8. The van der Waals surface area contributed by atoms with Gasteiger partial charge in [0, 0.05) is 6.54 Å². The lowest BCUT2D eigenvalue weighted by Gasteiger charge is -2.22. The number of nitrogen functional groups attached to an aromatic ring is 1. The molecule has 154 valence electrons. The van der Waals surface area contributed by atoms with Crippen molar-refractivity contribution in [2.45, 2.75) is 38.9 Å². The van der Waals surface area contributed by atoms with Gasteiger partial charge >= 0.3 is 5.69 Å². The molecular weight excluding hydrogens is 374 g/mol. The number of hydrogen-bond donors (Lipinski definition) is 2. The Bertz CT molecular complexity index is 1040. The highest BCUT2D eigenvalue weighted by molar-refractivity contribution is 6.01. The standard InChI is InChI=1S/C20H25N5O4/c1-2-24-19(28)16(15(26)12-23-10-6-9-14(23)18(22)27)17(21)25(20(24)29)11-13-7-4-3-5-8-13/h3-5,7-8,14H,2,6,9-12,21H2,1H3,(H2,22,27)/t14-/m1/s1. The molecule has 0 bridgehead atoms. The van der Waals surface area contributed by atoms with E-state index in [2.05, 4.69) is 0 Å². The normalized spacial score (nSPS) is 16.8. The van der Waals surface area contributed by atoms with Crippen LogP contribution in [0.4, 0.5) is 5.82 Å². The lowest BCUT2D eigenvalue weighted by Crippen LogP contribution is -2.47. The van der Waals surface area contributed by atoms with Gasteiger partial charge in [-0.15, -0.1) is 0 Å². The molecule has 2 aromatic rings. The SMILES string of the molecule is CCn1c(=O)c(C(=O)CN2CCC[C@@H]2C(N)=O)c(N)n(Cc2ccccc2)c1=O. The van der Waals surface area contributed by atoms with Gasteiger partial charge in [-0.2, -0.15) is 0 Å². The van der Waals surface area contributed by atoms with Crippen molar-refractivity contribution in [1.29, 1.82) is 0 Å². The van der Waals surface area contributed by atoms with E-state index in [-0.39, 0.29) is 31.0 Å². The molecule has 0 aliphatic carbocycles. The van der Waals surface area contributed by atoms with Crippen LogP contribution in [0.5, 0.6) is 0 Å². The Labute approximate surface area is 167 Å². The molecule has 0 spiro atoms. The minimum atomic E-state index is -0.709. The number of benzene rings is 1. The first-order valence-electron chi connectivity index (χ1n) is 9.58. The molecule has 1 saturated heterocycles. The molecule has 1 aromatic heterocycles. The van der Waals surface area contributed by atoms with E-state index < -0.39 is 29.0 Å². The molecule has 1 aromatic carbocycles. The van der Waals surface area contributed by atoms with Crippen molar-refractivity contribution < 1.29 is 9.59 Å². The van der Waals surface area contributed by atoms with Crippen LogP contribution >= 0.6 is 0 Å². The summed E-state index contributed by atoms with van der Waals surface area (Å²) in [7, 11) is 0. The summed E-state index contributed by atoms with van der Waals surface area (Å²) in [5, 5.41) is 0. The fourth-order valence-electron chi connectivity index (χ4n) is 3.78. The van der Waals surface area contributed by atoms with Gasteiger partial charge in [-0.05, 0) is 31.9 Å². The maximum absolute atomic E-state index is 13.0. The van der Waals surface area contributed by atoms with Crippen molar-refractivity contribution in [3.63, 3.8) is 0 Å². The minimum Gasteiger partial charge on any atom is -0.384 e. The first kappa shape index (κ1) is 20.5. The van der Waals surface area contributed by atoms with Crippen LogP contribution in [0.25, 0.3) is 0 Å². The number of ketones is 1. The second kappa shape index (κ2) is 8.44. The number of nitrogens with two attached hydrogens (primary N) is 2. The zero-order valence-electron chi connectivity index (χ0n) is 16.3. The summed E-state index contributed by atoms with van der Waals surface area (Å²) in [5.74, 6) is -1.18. The molecule has 0 saturated carbocycles. The van der Waals surface area contributed by atoms with E-state index in [0.717, 1.165) is 16.6 Å². The zero-order valence-corrected chi connectivity index (χ0v) is 16.3. The lowest BCUT2D eigenvalue weighted by atomic mass is 10.1. The summed E-state index contributed by atoms with van der Waals surface area (Å²) >= 11 is 0. The van der Waals surface area contributed by atoms with Crippen molar-refractivity contribution >= 4 is 17.5 Å². The zero-order chi connectivity index (χ0) is 21.1. The number of aromatic nitrogens is 2. The van der Waals surface area contributed by atoms with E-state index in [1.807, 2.05) is 30.3 Å². The van der Waals surface area contributed by atoms with Gasteiger partial charge in [0.05, 0.1) is 19.1 Å². The minimum absolute atomic E-state index is 0.112. The van der Waals surface area contributed by atoms with Crippen LogP contribution in [0, 0.1) is 0 Å². The molecule has 1 aliphatic rings. The van der Waals surface area contributed by atoms with Crippen LogP contribution in [0.3, 0.4) is 0 Å². The van der Waals surface area contributed by atoms with Crippen molar-refractivity contribution in [2.24, 2.45) is 5.73 Å². The number of amides is 1. The molecular formula is C20H25N5O4. The summed E-state index contributed by atoms with van der Waals surface area (Å²) in [6.07, 6.45) is 1.31. The maximum Gasteiger partial charge on any atom is 0.332 e. The number of rotatable bonds is 7. The molecule has 0 radical (unpaired) electrons. The Morgan fingerprint density at radius 2 is 1.83 bits per heavy atom. The molecule has 0 unspecified atom stereocenters. The summed E-state index contributed by atoms with van der Waals surface area (Å²) in [5.41, 5.74) is 10.9. The van der Waals surface area contributed by atoms with Crippen LogP contribution in [0.1, 0.15) is 35.7 Å². The third-order valence-corrected chi connectivity index (χ3v) is 5.29. The molecule has 29 heavy (non-hydrogen) atoms. The third-order valence-electron chi connectivity index (χ3n) is 5.29. The van der Waals surface area contributed by atoms with Crippen molar-refractivity contribution in [3.05, 3.63) is 62.3 Å². The highest BCUT2D eigenvalue weighted by atomic mass is 16.2. The summed E-state index contributed by atoms with van der Waals surface area (Å²) < 4.78 is 2.24. The van der Waals surface area contributed by atoms with E-state index in [0.29, 0.717) is 13.0 Å². The number of anilines is 1. The molecule has 3 rings (SSSR count). The fourth-order valence-corrected chi connectivity index (χ4v) is 3.78. The summed E-state index contributed by atoms with van der Waals surface area (Å²) in [4.78, 5) is 51.8.